The molecule has 0 radical (unpaired) electrons. The lowest BCUT2D eigenvalue weighted by Gasteiger charge is -2.14. The molecule has 1 heterocycles. The average molecular weight is 347 g/mol. The minimum Gasteiger partial charge on any atom is -0.449 e. The van der Waals surface area contributed by atoms with Crippen molar-refractivity contribution < 1.29 is 27.9 Å². The van der Waals surface area contributed by atoms with Crippen LogP contribution in [-0.4, -0.2) is 41.3 Å². The van der Waals surface area contributed by atoms with Gasteiger partial charge in [-0.15, -0.1) is 0 Å². The number of pyridine rings is 1. The number of carbonyl (C=O) groups is 3. The summed E-state index contributed by atoms with van der Waals surface area (Å²) < 4.78 is 29.7. The molecule has 0 saturated heterocycles. The van der Waals surface area contributed by atoms with Crippen molar-refractivity contribution in [3.05, 3.63) is 23.9 Å². The summed E-state index contributed by atoms with van der Waals surface area (Å²) in [4.78, 5) is 38.5. The number of ether oxygens (including phenoxy) is 1. The number of amides is 3. The Morgan fingerprint density at radius 3 is 2.70 bits per heavy atom. The quantitative estimate of drug-likeness (QED) is 0.601. The number of nitrogens with one attached hydrogen (secondary N) is 2. The van der Waals surface area contributed by atoms with Crippen molar-refractivity contribution in [3.8, 4) is 0 Å². The first kappa shape index (κ1) is 18.8. The zero-order valence-electron chi connectivity index (χ0n) is 12.3. The van der Waals surface area contributed by atoms with E-state index < -0.39 is 29.8 Å². The monoisotopic (exact) mass is 347 g/mol. The van der Waals surface area contributed by atoms with E-state index in [-0.39, 0.29) is 22.4 Å². The van der Waals surface area contributed by atoms with Crippen molar-refractivity contribution in [1.29, 1.82) is 0 Å². The summed E-state index contributed by atoms with van der Waals surface area (Å²) in [5, 5.41) is 4.11. The summed E-state index contributed by atoms with van der Waals surface area (Å²) in [6.07, 6.45) is -0.0260. The second kappa shape index (κ2) is 9.03. The molecule has 0 spiro atoms. The van der Waals surface area contributed by atoms with Gasteiger partial charge in [0.2, 0.25) is 0 Å². The summed E-state index contributed by atoms with van der Waals surface area (Å²) >= 11 is 0.0962. The third-order valence-electron chi connectivity index (χ3n) is 2.42. The molecule has 126 valence electrons. The van der Waals surface area contributed by atoms with E-state index in [1.54, 1.807) is 6.92 Å². The minimum atomic E-state index is -2.75. The van der Waals surface area contributed by atoms with Gasteiger partial charge in [-0.25, -0.2) is 14.6 Å². The number of halogens is 2. The van der Waals surface area contributed by atoms with Crippen molar-refractivity contribution in [3.63, 3.8) is 0 Å². The number of thioether (sulfide) groups is 1. The lowest BCUT2D eigenvalue weighted by atomic mass is 10.3. The van der Waals surface area contributed by atoms with E-state index in [2.05, 4.69) is 10.3 Å². The van der Waals surface area contributed by atoms with Gasteiger partial charge in [0.15, 0.2) is 6.10 Å². The van der Waals surface area contributed by atoms with Crippen LogP contribution in [0.4, 0.5) is 13.6 Å². The maximum absolute atomic E-state index is 12.4. The number of carbonyl (C=O) groups excluding carboxylic acids is 3. The number of esters is 1. The van der Waals surface area contributed by atoms with Crippen LogP contribution in [0.25, 0.3) is 0 Å². The van der Waals surface area contributed by atoms with Gasteiger partial charge in [0, 0.05) is 12.7 Å². The molecule has 1 aromatic heterocycles. The Kier molecular flexibility index (Phi) is 7.39. The molecule has 1 unspecified atom stereocenters. The predicted molar refractivity (Wildman–Crippen MR) is 78.2 cm³/mol. The highest BCUT2D eigenvalue weighted by atomic mass is 32.2. The smallest absolute Gasteiger partial charge is 0.341 e. The molecule has 0 aromatic carbocycles. The number of alkyl halides is 2. The summed E-state index contributed by atoms with van der Waals surface area (Å²) in [5.74, 6) is -4.58. The zero-order chi connectivity index (χ0) is 17.4. The van der Waals surface area contributed by atoms with Gasteiger partial charge in [-0.05, 0) is 37.7 Å². The lowest BCUT2D eigenvalue weighted by Crippen LogP contribution is -2.44. The van der Waals surface area contributed by atoms with Gasteiger partial charge in [0.1, 0.15) is 5.03 Å². The van der Waals surface area contributed by atoms with E-state index in [1.165, 1.54) is 25.3 Å². The fraction of sp³-hybridized carbons (Fsp3) is 0.385. The molecule has 0 saturated carbocycles. The predicted octanol–water partition coefficient (Wildman–Crippen LogP) is 1.79. The van der Waals surface area contributed by atoms with Crippen LogP contribution in [-0.2, 0) is 9.53 Å². The van der Waals surface area contributed by atoms with Crippen molar-refractivity contribution in [1.82, 2.24) is 15.6 Å². The number of aromatic nitrogens is 1. The van der Waals surface area contributed by atoms with Crippen LogP contribution in [0.5, 0.6) is 0 Å². The SMILES string of the molecule is CCNC(=O)NC(=O)C(C)OC(=O)c1cccnc1SC(F)F. The van der Waals surface area contributed by atoms with Gasteiger partial charge in [-0.2, -0.15) is 8.78 Å². The van der Waals surface area contributed by atoms with Crippen molar-refractivity contribution in [2.24, 2.45) is 0 Å². The van der Waals surface area contributed by atoms with E-state index in [0.29, 0.717) is 6.54 Å². The van der Waals surface area contributed by atoms with E-state index >= 15 is 0 Å². The summed E-state index contributed by atoms with van der Waals surface area (Å²) in [6.45, 7) is 3.23. The normalized spacial score (nSPS) is 11.7. The zero-order valence-corrected chi connectivity index (χ0v) is 13.2. The Bertz CT molecular complexity index is 586. The van der Waals surface area contributed by atoms with Crippen LogP contribution in [0.2, 0.25) is 0 Å². The Morgan fingerprint density at radius 1 is 1.39 bits per heavy atom. The van der Waals surface area contributed by atoms with Gasteiger partial charge >= 0.3 is 12.0 Å². The van der Waals surface area contributed by atoms with Gasteiger partial charge in [0.25, 0.3) is 11.7 Å². The van der Waals surface area contributed by atoms with Gasteiger partial charge in [-0.1, -0.05) is 0 Å². The van der Waals surface area contributed by atoms with Crippen LogP contribution >= 0.6 is 11.8 Å². The van der Waals surface area contributed by atoms with Crippen molar-refractivity contribution in [2.45, 2.75) is 30.7 Å². The minimum absolute atomic E-state index is 0.0962. The maximum atomic E-state index is 12.4. The first-order valence-electron chi connectivity index (χ1n) is 6.54. The summed E-state index contributed by atoms with van der Waals surface area (Å²) in [7, 11) is 0. The molecule has 0 fully saturated rings. The average Bonchev–Trinajstić information content (AvgIpc) is 2.47. The molecule has 1 aromatic rings. The maximum Gasteiger partial charge on any atom is 0.341 e. The summed E-state index contributed by atoms with van der Waals surface area (Å²) in [5.41, 5.74) is -0.185. The molecule has 0 aliphatic carbocycles. The van der Waals surface area contributed by atoms with E-state index in [4.69, 9.17) is 4.74 Å². The standard InChI is InChI=1S/C13H15F2N3O4S/c1-3-16-13(21)18-9(19)7(2)22-11(20)8-5-4-6-17-10(8)23-12(14)15/h4-7,12H,3H2,1-2H3,(H2,16,18,19,21). The molecular formula is C13H15F2N3O4S. The van der Waals surface area contributed by atoms with Crippen molar-refractivity contribution in [2.75, 3.05) is 6.54 Å². The third-order valence-corrected chi connectivity index (χ3v) is 3.15. The Labute approximate surface area is 135 Å². The fourth-order valence-electron chi connectivity index (χ4n) is 1.42. The van der Waals surface area contributed by atoms with Crippen LogP contribution < -0.4 is 10.6 Å². The number of urea groups is 1. The van der Waals surface area contributed by atoms with E-state index in [0.717, 1.165) is 0 Å². The second-order valence-corrected chi connectivity index (χ2v) is 5.11. The molecule has 10 heteroatoms. The van der Waals surface area contributed by atoms with Gasteiger partial charge < -0.3 is 10.1 Å². The Hall–Kier alpha value is -2.23. The number of hydrogen-bond donors (Lipinski definition) is 2. The van der Waals surface area contributed by atoms with Gasteiger partial charge in [0.05, 0.1) is 5.56 Å². The van der Waals surface area contributed by atoms with Crippen LogP contribution in [0.1, 0.15) is 24.2 Å². The number of nitrogens with zero attached hydrogens (tertiary/aromatic N) is 1. The van der Waals surface area contributed by atoms with Crippen molar-refractivity contribution >= 4 is 29.7 Å². The Balaban J connectivity index is 2.72. The molecule has 23 heavy (non-hydrogen) atoms. The van der Waals surface area contributed by atoms with E-state index in [1.807, 2.05) is 5.32 Å². The molecule has 1 atom stereocenters. The molecule has 0 aliphatic rings. The third kappa shape index (κ3) is 6.19. The van der Waals surface area contributed by atoms with Crippen LogP contribution in [0.15, 0.2) is 23.4 Å². The highest BCUT2D eigenvalue weighted by molar-refractivity contribution is 7.99. The molecule has 2 N–H and O–H groups in total. The molecule has 3 amide bonds. The molecule has 0 aliphatic heterocycles. The summed E-state index contributed by atoms with van der Waals surface area (Å²) in [6, 6.07) is 1.91. The number of hydrogen-bond acceptors (Lipinski definition) is 6. The molecule has 7 nitrogen and oxygen atoms in total. The van der Waals surface area contributed by atoms with Crippen LogP contribution in [0, 0.1) is 0 Å². The Morgan fingerprint density at radius 2 is 2.09 bits per heavy atom. The van der Waals surface area contributed by atoms with Crippen LogP contribution in [0.3, 0.4) is 0 Å². The second-order valence-electron chi connectivity index (χ2n) is 4.13. The van der Waals surface area contributed by atoms with Gasteiger partial charge in [-0.3, -0.25) is 10.1 Å². The lowest BCUT2D eigenvalue weighted by molar-refractivity contribution is -0.127. The highest BCUT2D eigenvalue weighted by Crippen LogP contribution is 2.26. The molecular weight excluding hydrogens is 332 g/mol. The first-order chi connectivity index (χ1) is 10.8. The van der Waals surface area contributed by atoms with E-state index in [9.17, 15) is 23.2 Å². The largest absolute Gasteiger partial charge is 0.449 e. The topological polar surface area (TPSA) is 97.4 Å². The number of rotatable bonds is 6. The molecule has 0 bridgehead atoms. The highest BCUT2D eigenvalue weighted by Gasteiger charge is 2.23. The molecule has 1 rings (SSSR count). The number of imide groups is 1. The fourth-order valence-corrected chi connectivity index (χ4v) is 1.99. The first-order valence-corrected chi connectivity index (χ1v) is 7.42.